The third-order valence-electron chi connectivity index (χ3n) is 2.85. The number of hydrogen-bond acceptors (Lipinski definition) is 5. The van der Waals surface area contributed by atoms with Gasteiger partial charge in [-0.15, -0.1) is 0 Å². The fraction of sp³-hybridized carbons (Fsp3) is 0.615. The molecule has 0 aliphatic carbocycles. The number of anilines is 2. The molecule has 0 spiro atoms. The van der Waals surface area contributed by atoms with Crippen LogP contribution in [0.15, 0.2) is 0 Å². The van der Waals surface area contributed by atoms with Crippen LogP contribution < -0.4 is 16.0 Å². The number of nitrogens with zero attached hydrogens (tertiary/aromatic N) is 3. The molecular weight excluding hydrogens is 242 g/mol. The maximum Gasteiger partial charge on any atom is 0.236 e. The molecule has 0 bridgehead atoms. The van der Waals surface area contributed by atoms with Crippen molar-refractivity contribution in [2.24, 2.45) is 5.73 Å². The molecule has 0 aromatic carbocycles. The Bertz CT molecular complexity index is 447. The molecule has 1 aromatic heterocycles. The van der Waals surface area contributed by atoms with Gasteiger partial charge in [-0.05, 0) is 20.8 Å². The van der Waals surface area contributed by atoms with Crippen LogP contribution in [0.5, 0.6) is 0 Å². The predicted molar refractivity (Wildman–Crippen MR) is 77.4 cm³/mol. The van der Waals surface area contributed by atoms with Crippen molar-refractivity contribution < 1.29 is 4.79 Å². The lowest BCUT2D eigenvalue weighted by molar-refractivity contribution is -0.116. The molecule has 3 N–H and O–H groups in total. The van der Waals surface area contributed by atoms with E-state index in [4.69, 9.17) is 5.73 Å². The monoisotopic (exact) mass is 265 g/mol. The minimum atomic E-state index is -0.358. The fourth-order valence-electron chi connectivity index (χ4n) is 1.88. The number of aromatic nitrogens is 2. The lowest BCUT2D eigenvalue weighted by Gasteiger charge is -2.23. The normalized spacial score (nSPS) is 10.3. The molecule has 1 amide bonds. The maximum absolute atomic E-state index is 11.1. The molecule has 6 nitrogen and oxygen atoms in total. The van der Waals surface area contributed by atoms with Gasteiger partial charge in [0.05, 0.1) is 6.54 Å². The van der Waals surface area contributed by atoms with Crippen molar-refractivity contribution in [1.82, 2.24) is 9.97 Å². The summed E-state index contributed by atoms with van der Waals surface area (Å²) in [5, 5.41) is 3.23. The van der Waals surface area contributed by atoms with E-state index >= 15 is 0 Å². The van der Waals surface area contributed by atoms with Gasteiger partial charge in [0.1, 0.15) is 17.5 Å². The van der Waals surface area contributed by atoms with Crippen LogP contribution in [0.1, 0.15) is 32.2 Å². The second-order valence-corrected chi connectivity index (χ2v) is 4.30. The van der Waals surface area contributed by atoms with Crippen molar-refractivity contribution in [1.29, 1.82) is 0 Å². The molecule has 19 heavy (non-hydrogen) atoms. The average molecular weight is 265 g/mol. The van der Waals surface area contributed by atoms with Crippen LogP contribution in [0.25, 0.3) is 0 Å². The van der Waals surface area contributed by atoms with Crippen molar-refractivity contribution >= 4 is 17.5 Å². The highest BCUT2D eigenvalue weighted by molar-refractivity contribution is 5.79. The molecule has 0 aliphatic rings. The first kappa shape index (κ1) is 15.2. The van der Waals surface area contributed by atoms with E-state index in [2.05, 4.69) is 15.3 Å². The van der Waals surface area contributed by atoms with Crippen molar-refractivity contribution in [3.8, 4) is 0 Å². The quantitative estimate of drug-likeness (QED) is 0.771. The number of primary amides is 1. The van der Waals surface area contributed by atoms with Crippen LogP contribution in [0.3, 0.4) is 0 Å². The Labute approximate surface area is 114 Å². The number of carbonyl (C=O) groups excluding carboxylic acids is 1. The molecule has 1 heterocycles. The second-order valence-electron chi connectivity index (χ2n) is 4.30. The van der Waals surface area contributed by atoms with Gasteiger partial charge in [0, 0.05) is 25.1 Å². The second kappa shape index (κ2) is 6.92. The van der Waals surface area contributed by atoms with Crippen molar-refractivity contribution in [2.75, 3.05) is 29.9 Å². The number of carbonyl (C=O) groups is 1. The summed E-state index contributed by atoms with van der Waals surface area (Å²) in [7, 11) is 0. The van der Waals surface area contributed by atoms with Crippen LogP contribution >= 0.6 is 0 Å². The van der Waals surface area contributed by atoms with Crippen LogP contribution in [0.2, 0.25) is 0 Å². The smallest absolute Gasteiger partial charge is 0.236 e. The van der Waals surface area contributed by atoms with Gasteiger partial charge >= 0.3 is 0 Å². The Morgan fingerprint density at radius 2 is 2.00 bits per heavy atom. The van der Waals surface area contributed by atoms with Gasteiger partial charge in [0.2, 0.25) is 5.91 Å². The Morgan fingerprint density at radius 3 is 2.47 bits per heavy atom. The first-order valence-corrected chi connectivity index (χ1v) is 6.68. The molecule has 0 fully saturated rings. The lowest BCUT2D eigenvalue weighted by atomic mass is 10.2. The molecule has 0 saturated heterocycles. The predicted octanol–water partition coefficient (Wildman–Crippen LogP) is 1.09. The first-order chi connectivity index (χ1) is 9.03. The van der Waals surface area contributed by atoms with Gasteiger partial charge in [-0.3, -0.25) is 4.79 Å². The van der Waals surface area contributed by atoms with Gasteiger partial charge < -0.3 is 16.0 Å². The largest absolute Gasteiger partial charge is 0.370 e. The summed E-state index contributed by atoms with van der Waals surface area (Å²) in [5.74, 6) is 2.01. The molecule has 1 rings (SSSR count). The zero-order valence-electron chi connectivity index (χ0n) is 12.2. The number of nitrogens with two attached hydrogens (primary N) is 1. The summed E-state index contributed by atoms with van der Waals surface area (Å²) >= 11 is 0. The third-order valence-corrected chi connectivity index (χ3v) is 2.85. The van der Waals surface area contributed by atoms with Crippen molar-refractivity contribution in [2.45, 2.75) is 34.1 Å². The Hall–Kier alpha value is -1.85. The molecule has 0 radical (unpaired) electrons. The van der Waals surface area contributed by atoms with E-state index < -0.39 is 0 Å². The number of rotatable bonds is 7. The molecule has 6 heteroatoms. The number of likely N-dealkylation sites (N-methyl/N-ethyl adjacent to an activating group) is 1. The SMILES string of the molecule is CCNc1nc(CC)nc(N(CC)CC(N)=O)c1C. The average Bonchev–Trinajstić information content (AvgIpc) is 2.38. The molecule has 0 unspecified atom stereocenters. The molecular formula is C13H23N5O. The summed E-state index contributed by atoms with van der Waals surface area (Å²) in [5.41, 5.74) is 6.23. The highest BCUT2D eigenvalue weighted by atomic mass is 16.1. The molecule has 0 saturated carbocycles. The Balaban J connectivity index is 3.22. The van der Waals surface area contributed by atoms with E-state index in [0.717, 1.165) is 36.0 Å². The van der Waals surface area contributed by atoms with Gasteiger partial charge in [0.25, 0.3) is 0 Å². The van der Waals surface area contributed by atoms with Crippen molar-refractivity contribution in [3.05, 3.63) is 11.4 Å². The van der Waals surface area contributed by atoms with Gasteiger partial charge in [-0.25, -0.2) is 9.97 Å². The summed E-state index contributed by atoms with van der Waals surface area (Å²) in [6.45, 7) is 9.60. The van der Waals surface area contributed by atoms with E-state index in [1.54, 1.807) is 0 Å². The minimum Gasteiger partial charge on any atom is -0.370 e. The topological polar surface area (TPSA) is 84.1 Å². The zero-order valence-corrected chi connectivity index (χ0v) is 12.2. The van der Waals surface area contributed by atoms with Gasteiger partial charge in [0.15, 0.2) is 0 Å². The standard InChI is InChI=1S/C13H23N5O/c1-5-11-16-12(15-6-2)9(4)13(17-11)18(7-3)8-10(14)19/h5-8H2,1-4H3,(H2,14,19)(H,15,16,17). The molecule has 106 valence electrons. The molecule has 0 aliphatic heterocycles. The number of amides is 1. The van der Waals surface area contributed by atoms with E-state index in [1.807, 2.05) is 32.6 Å². The summed E-state index contributed by atoms with van der Waals surface area (Å²) in [6.07, 6.45) is 0.750. The van der Waals surface area contributed by atoms with E-state index in [1.165, 1.54) is 0 Å². The number of hydrogen-bond donors (Lipinski definition) is 2. The third kappa shape index (κ3) is 3.81. The van der Waals surface area contributed by atoms with E-state index in [9.17, 15) is 4.79 Å². The van der Waals surface area contributed by atoms with E-state index in [-0.39, 0.29) is 12.5 Å². The Kier molecular flexibility index (Phi) is 5.54. The van der Waals surface area contributed by atoms with Crippen LogP contribution in [-0.4, -0.2) is 35.5 Å². The van der Waals surface area contributed by atoms with Crippen molar-refractivity contribution in [3.63, 3.8) is 0 Å². The van der Waals surface area contributed by atoms with Crippen LogP contribution in [0, 0.1) is 6.92 Å². The minimum absolute atomic E-state index is 0.170. The number of nitrogens with one attached hydrogen (secondary N) is 1. The maximum atomic E-state index is 11.1. The summed E-state index contributed by atoms with van der Waals surface area (Å²) < 4.78 is 0. The lowest BCUT2D eigenvalue weighted by Crippen LogP contribution is -2.35. The van der Waals surface area contributed by atoms with Gasteiger partial charge in [-0.2, -0.15) is 0 Å². The fourth-order valence-corrected chi connectivity index (χ4v) is 1.88. The van der Waals surface area contributed by atoms with E-state index in [0.29, 0.717) is 6.54 Å². The van der Waals surface area contributed by atoms with Crippen LogP contribution in [-0.2, 0) is 11.2 Å². The summed E-state index contributed by atoms with van der Waals surface area (Å²) in [6, 6.07) is 0. The molecule has 1 aromatic rings. The highest BCUT2D eigenvalue weighted by Gasteiger charge is 2.16. The molecule has 0 atom stereocenters. The van der Waals surface area contributed by atoms with Crippen LogP contribution in [0.4, 0.5) is 11.6 Å². The summed E-state index contributed by atoms with van der Waals surface area (Å²) in [4.78, 5) is 22.0. The Morgan fingerprint density at radius 1 is 1.32 bits per heavy atom. The zero-order chi connectivity index (χ0) is 14.4. The first-order valence-electron chi connectivity index (χ1n) is 6.68. The number of aryl methyl sites for hydroxylation is 1. The van der Waals surface area contributed by atoms with Gasteiger partial charge in [-0.1, -0.05) is 6.92 Å². The highest BCUT2D eigenvalue weighted by Crippen LogP contribution is 2.23.